The summed E-state index contributed by atoms with van der Waals surface area (Å²) in [6.07, 6.45) is 0. The molecule has 1 aliphatic rings. The summed E-state index contributed by atoms with van der Waals surface area (Å²) in [5, 5.41) is 8.57. The third-order valence-corrected chi connectivity index (χ3v) is 2.15. The molecule has 13 heavy (non-hydrogen) atoms. The zero-order valence-corrected chi connectivity index (χ0v) is 7.93. The molecule has 1 N–H and O–H groups in total. The van der Waals surface area contributed by atoms with Crippen LogP contribution < -0.4 is 5.32 Å². The van der Waals surface area contributed by atoms with Crippen molar-refractivity contribution in [2.24, 2.45) is 15.2 Å². The highest BCUT2D eigenvalue weighted by atomic mass is 35.5. The maximum absolute atomic E-state index is 10.5. The van der Waals surface area contributed by atoms with E-state index in [4.69, 9.17) is 11.6 Å². The van der Waals surface area contributed by atoms with Crippen molar-refractivity contribution >= 4 is 34.5 Å². The average molecular weight is 224 g/mol. The molecule has 9 heteroatoms. The highest BCUT2D eigenvalue weighted by molar-refractivity contribution is 7.82. The minimum absolute atomic E-state index is 0.216. The van der Waals surface area contributed by atoms with Crippen LogP contribution >= 0.6 is 11.6 Å². The molecule has 2 unspecified atom stereocenters. The summed E-state index contributed by atoms with van der Waals surface area (Å²) in [4.78, 5) is 13.9. The van der Waals surface area contributed by atoms with Gasteiger partial charge in [-0.05, 0) is 0 Å². The summed E-state index contributed by atoms with van der Waals surface area (Å²) in [5.41, 5.74) is 0. The molecule has 0 saturated carbocycles. The van der Waals surface area contributed by atoms with Gasteiger partial charge in [0, 0.05) is 18.0 Å². The lowest BCUT2D eigenvalue weighted by molar-refractivity contribution is -0.117. The van der Waals surface area contributed by atoms with E-state index in [2.05, 4.69) is 20.5 Å². The van der Waals surface area contributed by atoms with Crippen LogP contribution in [0.15, 0.2) is 15.2 Å². The third-order valence-electron chi connectivity index (χ3n) is 1.01. The lowest BCUT2D eigenvalue weighted by atomic mass is 10.7. The van der Waals surface area contributed by atoms with Gasteiger partial charge in [-0.15, -0.1) is 10.2 Å². The molecular weight excluding hydrogens is 220 g/mol. The van der Waals surface area contributed by atoms with Gasteiger partial charge in [0.2, 0.25) is 11.9 Å². The topological polar surface area (TPSA) is 106 Å². The molecule has 0 bridgehead atoms. The van der Waals surface area contributed by atoms with Crippen LogP contribution in [0.2, 0.25) is 0 Å². The first-order valence-electron chi connectivity index (χ1n) is 3.02. The third kappa shape index (κ3) is 2.29. The largest absolute Gasteiger partial charge is 0.768 e. The number of carbonyl (C=O) groups is 1. The van der Waals surface area contributed by atoms with E-state index in [9.17, 15) is 13.6 Å². The van der Waals surface area contributed by atoms with Crippen molar-refractivity contribution in [3.8, 4) is 0 Å². The lowest BCUT2D eigenvalue weighted by Crippen LogP contribution is -2.27. The zero-order chi connectivity index (χ0) is 10.1. The van der Waals surface area contributed by atoms with Crippen molar-refractivity contribution in [2.75, 3.05) is 0 Å². The Morgan fingerprint density at radius 2 is 2.38 bits per heavy atom. The number of hydrogen-bond acceptors (Lipinski definition) is 6. The van der Waals surface area contributed by atoms with Crippen molar-refractivity contribution in [1.29, 1.82) is 0 Å². The molecule has 72 valence electrons. The summed E-state index contributed by atoms with van der Waals surface area (Å²) < 4.78 is 18.8. The van der Waals surface area contributed by atoms with Crippen molar-refractivity contribution in [1.82, 2.24) is 5.32 Å². The van der Waals surface area contributed by atoms with Crippen LogP contribution in [0, 0.1) is 0 Å². The Balaban J connectivity index is 2.81. The first kappa shape index (κ1) is 10.2. The number of amides is 1. The normalized spacial score (nSPS) is 28.4. The van der Waals surface area contributed by atoms with Crippen LogP contribution in [0.25, 0.3) is 0 Å². The van der Waals surface area contributed by atoms with Gasteiger partial charge in [0.15, 0.2) is 0 Å². The first-order chi connectivity index (χ1) is 5.94. The second kappa shape index (κ2) is 3.48. The van der Waals surface area contributed by atoms with E-state index in [0.717, 1.165) is 0 Å². The molecule has 0 aromatic rings. The minimum Gasteiger partial charge on any atom is -0.768 e. The summed E-state index contributed by atoms with van der Waals surface area (Å²) in [7, 11) is 0. The van der Waals surface area contributed by atoms with E-state index < -0.39 is 21.4 Å². The number of alkyl halides is 1. The van der Waals surface area contributed by atoms with Crippen molar-refractivity contribution in [3.63, 3.8) is 0 Å². The van der Waals surface area contributed by atoms with Crippen LogP contribution in [0.4, 0.5) is 0 Å². The highest BCUT2D eigenvalue weighted by Crippen LogP contribution is 2.26. The number of carbonyl (C=O) groups excluding carboxylic acids is 1. The number of rotatable bonds is 1. The zero-order valence-electron chi connectivity index (χ0n) is 6.35. The molecule has 7 nitrogen and oxygen atoms in total. The van der Waals surface area contributed by atoms with Crippen LogP contribution in [0.1, 0.15) is 6.92 Å². The monoisotopic (exact) mass is 223 g/mol. The van der Waals surface area contributed by atoms with E-state index in [1.807, 2.05) is 0 Å². The SMILES string of the molecule is CC(=O)NC1=NC(Cl)(S(=O)[O-])N=N1. The van der Waals surface area contributed by atoms with E-state index in [0.29, 0.717) is 0 Å². The standard InChI is InChI=1S/C4H5ClN4O3S/c1-2(10)6-3-7-4(5,9-8-3)13(11)12/h1H3,(H,11,12)(H,6,7,10)/p-1. The van der Waals surface area contributed by atoms with Gasteiger partial charge in [-0.25, -0.2) is 0 Å². The van der Waals surface area contributed by atoms with Gasteiger partial charge in [0.25, 0.3) is 0 Å². The van der Waals surface area contributed by atoms with Gasteiger partial charge >= 0.3 is 4.45 Å². The number of halogens is 1. The molecule has 0 fully saturated rings. The number of nitrogens with zero attached hydrogens (tertiary/aromatic N) is 3. The lowest BCUT2D eigenvalue weighted by Gasteiger charge is -2.14. The van der Waals surface area contributed by atoms with Crippen LogP contribution in [0.3, 0.4) is 0 Å². The Labute approximate surface area is 80.6 Å². The maximum Gasteiger partial charge on any atom is 0.312 e. The predicted octanol–water partition coefficient (Wildman–Crippen LogP) is -0.326. The first-order valence-corrected chi connectivity index (χ1v) is 4.48. The molecule has 0 aromatic carbocycles. The van der Waals surface area contributed by atoms with Gasteiger partial charge < -0.3 is 4.55 Å². The maximum atomic E-state index is 10.5. The Morgan fingerprint density at radius 3 is 2.77 bits per heavy atom. The summed E-state index contributed by atoms with van der Waals surface area (Å²) >= 11 is 2.65. The Hall–Kier alpha value is -0.860. The summed E-state index contributed by atoms with van der Waals surface area (Å²) in [6, 6.07) is 0. The van der Waals surface area contributed by atoms with Crippen LogP contribution in [0.5, 0.6) is 0 Å². The van der Waals surface area contributed by atoms with E-state index in [-0.39, 0.29) is 5.96 Å². The van der Waals surface area contributed by atoms with Gasteiger partial charge in [0.05, 0.1) is 0 Å². The van der Waals surface area contributed by atoms with E-state index >= 15 is 0 Å². The number of azo groups is 1. The molecule has 1 rings (SSSR count). The summed E-state index contributed by atoms with van der Waals surface area (Å²) in [5.74, 6) is -0.651. The number of guanidine groups is 1. The highest BCUT2D eigenvalue weighted by Gasteiger charge is 2.33. The van der Waals surface area contributed by atoms with Gasteiger partial charge in [-0.3, -0.25) is 14.3 Å². The molecule has 0 spiro atoms. The van der Waals surface area contributed by atoms with Crippen molar-refractivity contribution < 1.29 is 13.6 Å². The molecule has 2 atom stereocenters. The Kier molecular flexibility index (Phi) is 2.74. The Bertz CT molecular complexity index is 329. The average Bonchev–Trinajstić information content (AvgIpc) is 2.32. The fraction of sp³-hybridized carbons (Fsp3) is 0.500. The van der Waals surface area contributed by atoms with Crippen molar-refractivity contribution in [3.05, 3.63) is 0 Å². The summed E-state index contributed by atoms with van der Waals surface area (Å²) in [6.45, 7) is 1.22. The van der Waals surface area contributed by atoms with E-state index in [1.54, 1.807) is 0 Å². The van der Waals surface area contributed by atoms with Crippen LogP contribution in [-0.2, 0) is 15.9 Å². The molecule has 1 heterocycles. The Morgan fingerprint density at radius 1 is 1.77 bits per heavy atom. The number of hydrogen-bond donors (Lipinski definition) is 1. The molecule has 0 radical (unpaired) electrons. The molecule has 1 amide bonds. The van der Waals surface area contributed by atoms with E-state index in [1.165, 1.54) is 6.92 Å². The quantitative estimate of drug-likeness (QED) is 0.374. The molecule has 0 aromatic heterocycles. The minimum atomic E-state index is -2.73. The molecule has 1 aliphatic heterocycles. The van der Waals surface area contributed by atoms with Gasteiger partial charge in [-0.1, -0.05) is 11.6 Å². The molecule has 0 saturated heterocycles. The fourth-order valence-electron chi connectivity index (χ4n) is 0.565. The number of nitrogens with one attached hydrogen (secondary N) is 1. The fourth-order valence-corrected chi connectivity index (χ4v) is 0.952. The second-order valence-electron chi connectivity index (χ2n) is 2.08. The number of aliphatic imine (C=N–C) groups is 1. The molecular formula is C4H4ClN4O3S-. The van der Waals surface area contributed by atoms with Gasteiger partial charge in [-0.2, -0.15) is 4.99 Å². The second-order valence-corrected chi connectivity index (χ2v) is 3.87. The molecule has 0 aliphatic carbocycles. The predicted molar refractivity (Wildman–Crippen MR) is 43.6 cm³/mol. The smallest absolute Gasteiger partial charge is 0.312 e. The van der Waals surface area contributed by atoms with Crippen LogP contribution in [-0.4, -0.2) is 25.1 Å². The van der Waals surface area contributed by atoms with Gasteiger partial charge in [0.1, 0.15) is 0 Å². The van der Waals surface area contributed by atoms with Crippen molar-refractivity contribution in [2.45, 2.75) is 11.4 Å².